The molecule has 1 amide bonds. The number of carbonyl (C=O) groups excluding carboxylic acids is 1. The highest BCUT2D eigenvalue weighted by Gasteiger charge is 2.29. The lowest BCUT2D eigenvalue weighted by Gasteiger charge is -2.15. The van der Waals surface area contributed by atoms with Gasteiger partial charge in [-0.05, 0) is 23.6 Å². The fraction of sp³-hybridized carbons (Fsp3) is 0.235. The Labute approximate surface area is 143 Å². The number of amides is 1. The van der Waals surface area contributed by atoms with E-state index in [4.69, 9.17) is 4.74 Å². The van der Waals surface area contributed by atoms with Crippen LogP contribution in [-0.4, -0.2) is 45.2 Å². The summed E-state index contributed by atoms with van der Waals surface area (Å²) in [5.74, 6) is 0.526. The fourth-order valence-electron chi connectivity index (χ4n) is 2.75. The molecule has 4 rings (SSSR count). The molecule has 1 aliphatic rings. The molecule has 4 heterocycles. The molecule has 0 radical (unpaired) electrons. The van der Waals surface area contributed by atoms with Crippen LogP contribution in [0.2, 0.25) is 0 Å². The van der Waals surface area contributed by atoms with Crippen molar-refractivity contribution in [2.24, 2.45) is 0 Å². The minimum atomic E-state index is -0.0684. The van der Waals surface area contributed by atoms with Crippen LogP contribution in [0.1, 0.15) is 16.9 Å². The molecule has 1 fully saturated rings. The van der Waals surface area contributed by atoms with Crippen LogP contribution in [0.5, 0.6) is 5.88 Å². The number of nitrogens with zero attached hydrogens (tertiary/aromatic N) is 3. The first-order chi connectivity index (χ1) is 11.8. The SMILES string of the molecule is O=C(c1cc(-c2cccs2)[nH]n1)N1CCC(Oc2ccccn2)C1. The highest BCUT2D eigenvalue weighted by atomic mass is 32.1. The number of likely N-dealkylation sites (tertiary alicyclic amines) is 1. The Bertz CT molecular complexity index is 816. The lowest BCUT2D eigenvalue weighted by molar-refractivity contribution is 0.0765. The van der Waals surface area contributed by atoms with E-state index in [1.165, 1.54) is 0 Å². The van der Waals surface area contributed by atoms with E-state index in [1.807, 2.05) is 35.7 Å². The summed E-state index contributed by atoms with van der Waals surface area (Å²) in [7, 11) is 0. The zero-order chi connectivity index (χ0) is 16.4. The standard InChI is InChI=1S/C17H16N4O2S/c22-17(14-10-13(19-20-14)15-4-3-9-24-15)21-8-6-12(11-21)23-16-5-1-2-7-18-16/h1-5,7,9-10,12H,6,8,11H2,(H,19,20). The molecule has 1 atom stereocenters. The number of rotatable bonds is 4. The zero-order valence-corrected chi connectivity index (χ0v) is 13.7. The number of hydrogen-bond acceptors (Lipinski definition) is 5. The number of aromatic nitrogens is 3. The summed E-state index contributed by atoms with van der Waals surface area (Å²) < 4.78 is 5.82. The number of aromatic amines is 1. The van der Waals surface area contributed by atoms with Gasteiger partial charge in [0.2, 0.25) is 5.88 Å². The third-order valence-electron chi connectivity index (χ3n) is 3.94. The number of thiophene rings is 1. The molecule has 3 aromatic heterocycles. The molecule has 1 unspecified atom stereocenters. The van der Waals surface area contributed by atoms with Crippen molar-refractivity contribution in [3.63, 3.8) is 0 Å². The number of pyridine rings is 1. The van der Waals surface area contributed by atoms with Crippen LogP contribution in [0.25, 0.3) is 10.6 Å². The van der Waals surface area contributed by atoms with Crippen LogP contribution in [0.15, 0.2) is 48.0 Å². The topological polar surface area (TPSA) is 71.1 Å². The van der Waals surface area contributed by atoms with Gasteiger partial charge in [-0.25, -0.2) is 4.98 Å². The summed E-state index contributed by atoms with van der Waals surface area (Å²) in [6.45, 7) is 1.22. The molecule has 1 aliphatic heterocycles. The summed E-state index contributed by atoms with van der Waals surface area (Å²) >= 11 is 1.61. The predicted molar refractivity (Wildman–Crippen MR) is 91.1 cm³/mol. The molecule has 6 nitrogen and oxygen atoms in total. The largest absolute Gasteiger partial charge is 0.472 e. The molecule has 0 aliphatic carbocycles. The van der Waals surface area contributed by atoms with Crippen molar-refractivity contribution in [1.82, 2.24) is 20.1 Å². The van der Waals surface area contributed by atoms with Gasteiger partial charge in [0.05, 0.1) is 17.1 Å². The first-order valence-corrected chi connectivity index (χ1v) is 8.64. The summed E-state index contributed by atoms with van der Waals surface area (Å²) in [6.07, 6.45) is 2.47. The molecular formula is C17H16N4O2S. The van der Waals surface area contributed by atoms with Crippen LogP contribution in [-0.2, 0) is 0 Å². The Morgan fingerprint density at radius 2 is 2.29 bits per heavy atom. The lowest BCUT2D eigenvalue weighted by atomic mass is 10.3. The Kier molecular flexibility index (Phi) is 4.00. The maximum absolute atomic E-state index is 12.6. The third kappa shape index (κ3) is 3.03. The molecular weight excluding hydrogens is 324 g/mol. The third-order valence-corrected chi connectivity index (χ3v) is 4.84. The van der Waals surface area contributed by atoms with Crippen molar-refractivity contribution in [3.8, 4) is 16.5 Å². The average Bonchev–Trinajstić information content (AvgIpc) is 3.36. The first-order valence-electron chi connectivity index (χ1n) is 7.76. The van der Waals surface area contributed by atoms with Crippen molar-refractivity contribution in [2.45, 2.75) is 12.5 Å². The van der Waals surface area contributed by atoms with Gasteiger partial charge in [-0.2, -0.15) is 5.10 Å². The zero-order valence-electron chi connectivity index (χ0n) is 12.9. The summed E-state index contributed by atoms with van der Waals surface area (Å²) in [6, 6.07) is 11.3. The summed E-state index contributed by atoms with van der Waals surface area (Å²) in [5.41, 5.74) is 1.31. The number of hydrogen-bond donors (Lipinski definition) is 1. The quantitative estimate of drug-likeness (QED) is 0.793. The minimum absolute atomic E-state index is 0.0282. The van der Waals surface area contributed by atoms with Gasteiger partial charge in [-0.1, -0.05) is 12.1 Å². The van der Waals surface area contributed by atoms with E-state index < -0.39 is 0 Å². The summed E-state index contributed by atoms with van der Waals surface area (Å²) in [5, 5.41) is 9.10. The molecule has 1 saturated heterocycles. The molecule has 3 aromatic rings. The van der Waals surface area contributed by atoms with E-state index in [9.17, 15) is 4.79 Å². The Balaban J connectivity index is 1.41. The average molecular weight is 340 g/mol. The lowest BCUT2D eigenvalue weighted by Crippen LogP contribution is -2.31. The second kappa shape index (κ2) is 6.45. The van der Waals surface area contributed by atoms with E-state index in [2.05, 4.69) is 15.2 Å². The van der Waals surface area contributed by atoms with Crippen LogP contribution in [0.3, 0.4) is 0 Å². The second-order valence-electron chi connectivity index (χ2n) is 5.59. The maximum atomic E-state index is 12.6. The number of ether oxygens (including phenoxy) is 1. The van der Waals surface area contributed by atoms with Gasteiger partial charge in [0.1, 0.15) is 6.10 Å². The predicted octanol–water partition coefficient (Wildman–Crippen LogP) is 2.83. The highest BCUT2D eigenvalue weighted by molar-refractivity contribution is 7.13. The normalized spacial score (nSPS) is 17.2. The van der Waals surface area contributed by atoms with Crippen LogP contribution >= 0.6 is 11.3 Å². The minimum Gasteiger partial charge on any atom is -0.472 e. The molecule has 122 valence electrons. The van der Waals surface area contributed by atoms with E-state index in [0.29, 0.717) is 24.7 Å². The molecule has 7 heteroatoms. The van der Waals surface area contributed by atoms with Crippen LogP contribution in [0.4, 0.5) is 0 Å². The van der Waals surface area contributed by atoms with Gasteiger partial charge in [-0.15, -0.1) is 11.3 Å². The number of nitrogens with one attached hydrogen (secondary N) is 1. The van der Waals surface area contributed by atoms with E-state index in [-0.39, 0.29) is 12.0 Å². The van der Waals surface area contributed by atoms with Crippen molar-refractivity contribution in [3.05, 3.63) is 53.7 Å². The van der Waals surface area contributed by atoms with Gasteiger partial charge >= 0.3 is 0 Å². The van der Waals surface area contributed by atoms with Crippen molar-refractivity contribution >= 4 is 17.2 Å². The Morgan fingerprint density at radius 1 is 1.33 bits per heavy atom. The number of carbonyl (C=O) groups is 1. The van der Waals surface area contributed by atoms with Gasteiger partial charge < -0.3 is 9.64 Å². The van der Waals surface area contributed by atoms with Crippen molar-refractivity contribution in [1.29, 1.82) is 0 Å². The maximum Gasteiger partial charge on any atom is 0.274 e. The molecule has 0 bridgehead atoms. The van der Waals surface area contributed by atoms with E-state index >= 15 is 0 Å². The van der Waals surface area contributed by atoms with Gasteiger partial charge in [0.25, 0.3) is 5.91 Å². The molecule has 0 aromatic carbocycles. The smallest absolute Gasteiger partial charge is 0.274 e. The molecule has 0 saturated carbocycles. The second-order valence-corrected chi connectivity index (χ2v) is 6.54. The highest BCUT2D eigenvalue weighted by Crippen LogP contribution is 2.24. The Morgan fingerprint density at radius 3 is 3.08 bits per heavy atom. The Hall–Kier alpha value is -2.67. The first kappa shape index (κ1) is 14.9. The van der Waals surface area contributed by atoms with Gasteiger partial charge in [0.15, 0.2) is 5.69 Å². The van der Waals surface area contributed by atoms with Crippen molar-refractivity contribution in [2.75, 3.05) is 13.1 Å². The van der Waals surface area contributed by atoms with Crippen LogP contribution in [0, 0.1) is 0 Å². The monoisotopic (exact) mass is 340 g/mol. The summed E-state index contributed by atoms with van der Waals surface area (Å²) in [4.78, 5) is 19.6. The molecule has 24 heavy (non-hydrogen) atoms. The van der Waals surface area contributed by atoms with Crippen LogP contribution < -0.4 is 4.74 Å². The van der Waals surface area contributed by atoms with Gasteiger partial charge in [0, 0.05) is 25.2 Å². The fourth-order valence-corrected chi connectivity index (χ4v) is 3.44. The van der Waals surface area contributed by atoms with Gasteiger partial charge in [-0.3, -0.25) is 9.89 Å². The van der Waals surface area contributed by atoms with E-state index in [0.717, 1.165) is 17.0 Å². The van der Waals surface area contributed by atoms with Crippen molar-refractivity contribution < 1.29 is 9.53 Å². The molecule has 0 spiro atoms. The molecule has 1 N–H and O–H groups in total. The number of H-pyrrole nitrogens is 1. The van der Waals surface area contributed by atoms with E-state index in [1.54, 1.807) is 28.5 Å².